The standard InChI is InChI=1S/C27H25F5N2O4/c1-15-12-26(15,19-7-8-20-5-3-4-17(10-23(35)36)13-34(20)14-19)33-25(37)18-6-9-22(38-16(2)24(28)29)21(11-18)27(30,31)32/h3,6-9,11,13-16,24H,4,10,12H2,1-2H3,(H,33,37)(H,35,36). The number of halogens is 5. The number of ether oxygens (including phenoxy) is 1. The van der Waals surface area contributed by atoms with E-state index in [4.69, 9.17) is 9.84 Å². The van der Waals surface area contributed by atoms with Gasteiger partial charge < -0.3 is 20.1 Å². The van der Waals surface area contributed by atoms with Crippen LogP contribution in [0, 0.1) is 5.92 Å². The molecule has 202 valence electrons. The smallest absolute Gasteiger partial charge is 0.419 e. The Labute approximate surface area is 215 Å². The molecule has 2 aliphatic heterocycles. The number of benzene rings is 1. The Hall–Kier alpha value is -3.85. The van der Waals surface area contributed by atoms with Crippen LogP contribution < -0.4 is 10.1 Å². The van der Waals surface area contributed by atoms with Crippen molar-refractivity contribution in [2.24, 2.45) is 5.92 Å². The Kier molecular flexibility index (Phi) is 7.25. The number of hydrogen-bond donors (Lipinski definition) is 2. The van der Waals surface area contributed by atoms with E-state index in [1.807, 2.05) is 6.92 Å². The first kappa shape index (κ1) is 27.2. The van der Waals surface area contributed by atoms with Crippen LogP contribution in [0.2, 0.25) is 0 Å². The van der Waals surface area contributed by atoms with Crippen molar-refractivity contribution in [2.45, 2.75) is 57.4 Å². The van der Waals surface area contributed by atoms with Crippen LogP contribution in [0.4, 0.5) is 22.0 Å². The number of aliphatic carboxylic acids is 1. The summed E-state index contributed by atoms with van der Waals surface area (Å²) in [4.78, 5) is 26.0. The SMILES string of the molecule is CC(Oc1ccc(C(=O)NC2(C3=CN4C=C(CC(=O)O)CC=C=C4C=C3)CC2C)cc1C(F)(F)F)C(F)F. The first-order valence-corrected chi connectivity index (χ1v) is 11.8. The second-order valence-corrected chi connectivity index (χ2v) is 9.52. The molecule has 3 unspecified atom stereocenters. The Bertz CT molecular complexity index is 1310. The van der Waals surface area contributed by atoms with E-state index in [0.717, 1.165) is 19.1 Å². The number of carboxylic acid groups (broad SMARTS) is 1. The summed E-state index contributed by atoms with van der Waals surface area (Å²) >= 11 is 0. The van der Waals surface area contributed by atoms with Crippen LogP contribution in [-0.4, -0.2) is 40.0 Å². The van der Waals surface area contributed by atoms with Gasteiger partial charge in [-0.3, -0.25) is 9.59 Å². The Balaban J connectivity index is 1.60. The number of carboxylic acids is 1. The molecule has 0 spiro atoms. The normalized spacial score (nSPS) is 23.1. The molecule has 0 saturated heterocycles. The van der Waals surface area contributed by atoms with Gasteiger partial charge in [-0.05, 0) is 67.2 Å². The molecule has 6 nitrogen and oxygen atoms in total. The summed E-state index contributed by atoms with van der Waals surface area (Å²) < 4.78 is 71.5. The van der Waals surface area contributed by atoms with Crippen molar-refractivity contribution >= 4 is 11.9 Å². The van der Waals surface area contributed by atoms with Crippen molar-refractivity contribution < 1.29 is 41.4 Å². The molecule has 0 aromatic heterocycles. The van der Waals surface area contributed by atoms with Crippen LogP contribution in [0.3, 0.4) is 0 Å². The molecule has 1 saturated carbocycles. The minimum atomic E-state index is -4.93. The number of amides is 1. The molecule has 1 aromatic rings. The van der Waals surface area contributed by atoms with Gasteiger partial charge in [-0.25, -0.2) is 8.78 Å². The van der Waals surface area contributed by atoms with Crippen LogP contribution >= 0.6 is 0 Å². The molecule has 11 heteroatoms. The maximum Gasteiger partial charge on any atom is 0.419 e. The van der Waals surface area contributed by atoms with Crippen molar-refractivity contribution in [3.63, 3.8) is 0 Å². The molecule has 1 fully saturated rings. The van der Waals surface area contributed by atoms with Crippen molar-refractivity contribution in [3.8, 4) is 5.75 Å². The molecule has 0 radical (unpaired) electrons. The summed E-state index contributed by atoms with van der Waals surface area (Å²) in [7, 11) is 0. The highest BCUT2D eigenvalue weighted by Gasteiger charge is 2.55. The molecule has 1 amide bonds. The van der Waals surface area contributed by atoms with Crippen molar-refractivity contribution in [1.82, 2.24) is 10.2 Å². The fourth-order valence-electron chi connectivity index (χ4n) is 4.45. The molecule has 3 atom stereocenters. The van der Waals surface area contributed by atoms with Gasteiger partial charge in [-0.15, -0.1) is 0 Å². The van der Waals surface area contributed by atoms with Crippen LogP contribution in [0.25, 0.3) is 0 Å². The molecule has 2 N–H and O–H groups in total. The molecule has 1 aliphatic carbocycles. The van der Waals surface area contributed by atoms with E-state index >= 15 is 0 Å². The number of allylic oxidation sites excluding steroid dienone is 1. The maximum absolute atomic E-state index is 13.7. The van der Waals surface area contributed by atoms with Crippen LogP contribution in [0.1, 0.15) is 49.0 Å². The second-order valence-electron chi connectivity index (χ2n) is 9.52. The van der Waals surface area contributed by atoms with Gasteiger partial charge in [0.2, 0.25) is 0 Å². The Morgan fingerprint density at radius 3 is 2.58 bits per heavy atom. The molecule has 1 aromatic carbocycles. The lowest BCUT2D eigenvalue weighted by atomic mass is 9.99. The van der Waals surface area contributed by atoms with Gasteiger partial charge >= 0.3 is 12.1 Å². The van der Waals surface area contributed by atoms with E-state index in [1.165, 1.54) is 0 Å². The molecule has 0 bridgehead atoms. The lowest BCUT2D eigenvalue weighted by Gasteiger charge is -2.27. The Morgan fingerprint density at radius 2 is 1.97 bits per heavy atom. The Morgan fingerprint density at radius 1 is 1.26 bits per heavy atom. The predicted molar refractivity (Wildman–Crippen MR) is 127 cm³/mol. The highest BCUT2D eigenvalue weighted by atomic mass is 19.4. The number of carbonyl (C=O) groups is 2. The summed E-state index contributed by atoms with van der Waals surface area (Å²) in [5.74, 6) is -2.55. The van der Waals surface area contributed by atoms with Gasteiger partial charge in [0.25, 0.3) is 12.3 Å². The lowest BCUT2D eigenvalue weighted by molar-refractivity contribution is -0.140. The average Bonchev–Trinajstić information content (AvgIpc) is 3.52. The highest BCUT2D eigenvalue weighted by Crippen LogP contribution is 2.50. The number of alkyl halides is 5. The van der Waals surface area contributed by atoms with E-state index in [-0.39, 0.29) is 17.9 Å². The zero-order valence-corrected chi connectivity index (χ0v) is 20.5. The number of fused-ring (bicyclic) bond motifs is 1. The highest BCUT2D eigenvalue weighted by molar-refractivity contribution is 5.96. The maximum atomic E-state index is 13.7. The van der Waals surface area contributed by atoms with Gasteiger partial charge in [-0.2, -0.15) is 13.2 Å². The van der Waals surface area contributed by atoms with Crippen LogP contribution in [0.5, 0.6) is 5.75 Å². The summed E-state index contributed by atoms with van der Waals surface area (Å²) in [6.07, 6.45) is -0.164. The zero-order valence-electron chi connectivity index (χ0n) is 20.5. The minimum Gasteiger partial charge on any atom is -0.484 e. The summed E-state index contributed by atoms with van der Waals surface area (Å²) in [5.41, 5.74) is 2.63. The van der Waals surface area contributed by atoms with E-state index < -0.39 is 47.4 Å². The number of nitrogens with zero attached hydrogens (tertiary/aromatic N) is 1. The van der Waals surface area contributed by atoms with E-state index in [0.29, 0.717) is 35.8 Å². The van der Waals surface area contributed by atoms with Crippen LogP contribution in [-0.2, 0) is 11.0 Å². The van der Waals surface area contributed by atoms with Crippen molar-refractivity contribution in [3.05, 3.63) is 82.5 Å². The molecule has 38 heavy (non-hydrogen) atoms. The fourth-order valence-corrected chi connectivity index (χ4v) is 4.45. The first-order chi connectivity index (χ1) is 17.8. The molecule has 4 rings (SSSR count). The third-order valence-corrected chi connectivity index (χ3v) is 6.67. The quantitative estimate of drug-likeness (QED) is 0.324. The third-order valence-electron chi connectivity index (χ3n) is 6.67. The molecule has 2 heterocycles. The average molecular weight is 536 g/mol. The van der Waals surface area contributed by atoms with Gasteiger partial charge in [0, 0.05) is 18.0 Å². The topological polar surface area (TPSA) is 78.9 Å². The summed E-state index contributed by atoms with van der Waals surface area (Å²) in [5, 5.41) is 12.0. The molecule has 3 aliphatic rings. The largest absolute Gasteiger partial charge is 0.484 e. The molecular formula is C27H25F5N2O4. The number of rotatable bonds is 8. The summed E-state index contributed by atoms with van der Waals surface area (Å²) in [6.45, 7) is 2.84. The van der Waals surface area contributed by atoms with Gasteiger partial charge in [0.1, 0.15) is 5.75 Å². The van der Waals surface area contributed by atoms with Gasteiger partial charge in [0.15, 0.2) is 6.10 Å². The van der Waals surface area contributed by atoms with Gasteiger partial charge in [0.05, 0.1) is 23.2 Å². The van der Waals surface area contributed by atoms with Crippen LogP contribution in [0.15, 0.2) is 71.4 Å². The van der Waals surface area contributed by atoms with Gasteiger partial charge in [-0.1, -0.05) is 18.7 Å². The summed E-state index contributed by atoms with van der Waals surface area (Å²) in [6, 6.07) is 2.57. The zero-order chi connectivity index (χ0) is 27.8. The minimum absolute atomic E-state index is 0.0329. The van der Waals surface area contributed by atoms with E-state index in [2.05, 4.69) is 11.0 Å². The number of hydrogen-bond acceptors (Lipinski definition) is 4. The monoisotopic (exact) mass is 536 g/mol. The van der Waals surface area contributed by atoms with Crippen molar-refractivity contribution in [2.75, 3.05) is 0 Å². The van der Waals surface area contributed by atoms with E-state index in [9.17, 15) is 31.5 Å². The number of nitrogens with one attached hydrogen (secondary N) is 1. The predicted octanol–water partition coefficient (Wildman–Crippen LogP) is 5.80. The fraction of sp³-hybridized carbons (Fsp3) is 0.370. The van der Waals surface area contributed by atoms with E-state index in [1.54, 1.807) is 35.5 Å². The van der Waals surface area contributed by atoms with Crippen molar-refractivity contribution in [1.29, 1.82) is 0 Å². The number of carbonyl (C=O) groups excluding carboxylic acids is 1. The second kappa shape index (κ2) is 10.1. The lowest BCUT2D eigenvalue weighted by Crippen LogP contribution is -2.40. The third kappa shape index (κ3) is 5.67. The molecular weight excluding hydrogens is 511 g/mol. The first-order valence-electron chi connectivity index (χ1n) is 11.8.